The lowest BCUT2D eigenvalue weighted by Crippen LogP contribution is -2.64. The minimum atomic E-state index is -2.51. The molecule has 3 saturated carbocycles. The maximum atomic E-state index is 14.5. The van der Waals surface area contributed by atoms with Gasteiger partial charge in [-0.15, -0.1) is 0 Å². The van der Waals surface area contributed by atoms with Gasteiger partial charge in [0.25, 0.3) is 0 Å². The summed E-state index contributed by atoms with van der Waals surface area (Å²) in [5, 5.41) is 37.6. The Hall–Kier alpha value is -2.56. The van der Waals surface area contributed by atoms with Gasteiger partial charge in [-0.05, 0) is 141 Å². The highest BCUT2D eigenvalue weighted by Gasteiger charge is 2.71. The Balaban J connectivity index is 1.19. The third-order valence-electron chi connectivity index (χ3n) is 20.2. The summed E-state index contributed by atoms with van der Waals surface area (Å²) >= 11 is 0. The van der Waals surface area contributed by atoms with Gasteiger partial charge < -0.3 is 57.3 Å². The molecule has 17 heteroatoms. The summed E-state index contributed by atoms with van der Waals surface area (Å²) in [5.74, 6) is -1.02. The van der Waals surface area contributed by atoms with Crippen LogP contribution in [0.4, 0.5) is 0 Å². The third-order valence-corrected chi connectivity index (χ3v) is 29.3. The molecule has 2 saturated heterocycles. The number of ketones is 1. The smallest absolute Gasteiger partial charge is 0.338 e. The topological polar surface area (TPSA) is 195 Å². The number of fused-ring (bicyclic) bond motifs is 5. The van der Waals surface area contributed by atoms with Crippen LogP contribution in [-0.4, -0.2) is 137 Å². The van der Waals surface area contributed by atoms with Crippen LogP contribution in [0.2, 0.25) is 36.3 Å². The second-order valence-corrected chi connectivity index (χ2v) is 36.9. The second-order valence-electron chi connectivity index (χ2n) is 27.4. The number of esters is 2. The lowest BCUT2D eigenvalue weighted by molar-refractivity contribution is -0.344. The van der Waals surface area contributed by atoms with Gasteiger partial charge in [0.05, 0.1) is 38.1 Å². The standard InChI is InChI=1S/C59H96O15Si2/c1-34(2)18-25-44(61)35(3)59(65)47(31-43-41-24-21-38-30-40(73-75(14,15)55(5,6)7)26-28-57(38,11)42(41)27-29-58(43,59)12)70-54-51(69-36(4)60)49(45(62)32-67-54)72-53-50(71-52(64)37-19-22-39(66-13)23-20-37)48(63)46(33-68-53)74-76(16,17)56(8,9)10/h19-23,34-35,40-43,45-51,53-54,62-63,65H,18,24-33H2,1-17H3/t35-,40?,41?,42?,43+,45?,46?,47?,48?,49?,50?,51?,53?,54-,57?,58?,59-/m1/s1. The predicted molar refractivity (Wildman–Crippen MR) is 293 cm³/mol. The first-order chi connectivity index (χ1) is 35.2. The van der Waals surface area contributed by atoms with E-state index in [1.807, 2.05) is 20.0 Å². The summed E-state index contributed by atoms with van der Waals surface area (Å²) in [6.07, 6.45) is -2.50. The van der Waals surface area contributed by atoms with E-state index in [0.29, 0.717) is 37.4 Å². The van der Waals surface area contributed by atoms with Crippen LogP contribution in [0.5, 0.6) is 5.75 Å². The Morgan fingerprint density at radius 1 is 0.803 bits per heavy atom. The molecule has 0 bridgehead atoms. The molecule has 4 aliphatic carbocycles. The van der Waals surface area contributed by atoms with Gasteiger partial charge in [-0.25, -0.2) is 4.79 Å². The number of hydrogen-bond donors (Lipinski definition) is 3. The van der Waals surface area contributed by atoms with Gasteiger partial charge in [0.15, 0.2) is 41.4 Å². The summed E-state index contributed by atoms with van der Waals surface area (Å²) in [7, 11) is -2.98. The molecule has 7 rings (SSSR count). The second kappa shape index (κ2) is 22.8. The van der Waals surface area contributed by atoms with E-state index in [9.17, 15) is 29.7 Å². The lowest BCUT2D eigenvalue weighted by atomic mass is 9.46. The van der Waals surface area contributed by atoms with E-state index >= 15 is 0 Å². The van der Waals surface area contributed by atoms with Gasteiger partial charge in [0.1, 0.15) is 35.4 Å². The summed E-state index contributed by atoms with van der Waals surface area (Å²) in [6, 6.07) is 6.31. The van der Waals surface area contributed by atoms with Gasteiger partial charge in [-0.1, -0.05) is 87.8 Å². The molecule has 0 radical (unpaired) electrons. The molecule has 3 N–H and O–H groups in total. The van der Waals surface area contributed by atoms with Gasteiger partial charge in [0, 0.05) is 30.8 Å². The number of aliphatic hydroxyl groups excluding tert-OH is 2. The van der Waals surface area contributed by atoms with E-state index in [-0.39, 0.29) is 63.9 Å². The van der Waals surface area contributed by atoms with E-state index in [0.717, 1.165) is 32.1 Å². The zero-order valence-corrected chi connectivity index (χ0v) is 51.1. The van der Waals surface area contributed by atoms with Crippen LogP contribution in [0.15, 0.2) is 35.9 Å². The van der Waals surface area contributed by atoms with Crippen LogP contribution < -0.4 is 4.74 Å². The molecule has 1 aromatic rings. The Morgan fingerprint density at radius 2 is 1.42 bits per heavy atom. The van der Waals surface area contributed by atoms with Crippen LogP contribution in [0, 0.1) is 40.4 Å². The summed E-state index contributed by atoms with van der Waals surface area (Å²) < 4.78 is 57.3. The van der Waals surface area contributed by atoms with Crippen molar-refractivity contribution in [1.29, 1.82) is 0 Å². The van der Waals surface area contributed by atoms with Crippen molar-refractivity contribution in [2.24, 2.45) is 40.4 Å². The highest BCUT2D eigenvalue weighted by molar-refractivity contribution is 6.74. The number of benzene rings is 1. The van der Waals surface area contributed by atoms with Crippen molar-refractivity contribution in [2.75, 3.05) is 20.3 Å². The Bertz CT molecular complexity index is 2240. The van der Waals surface area contributed by atoms with Crippen molar-refractivity contribution in [3.63, 3.8) is 0 Å². The minimum absolute atomic E-state index is 0.0344. The first-order valence-corrected chi connectivity index (χ1v) is 34.2. The van der Waals surface area contributed by atoms with Crippen LogP contribution in [0.1, 0.15) is 151 Å². The average Bonchev–Trinajstić information content (AvgIpc) is 3.56. The van der Waals surface area contributed by atoms with E-state index in [1.165, 1.54) is 31.7 Å². The van der Waals surface area contributed by atoms with Gasteiger partial charge in [-0.3, -0.25) is 9.59 Å². The number of methoxy groups -OCH3 is 1. The molecule has 15 nitrogen and oxygen atoms in total. The van der Waals surface area contributed by atoms with Crippen molar-refractivity contribution in [2.45, 2.75) is 244 Å². The monoisotopic (exact) mass is 1100 g/mol. The first-order valence-electron chi connectivity index (χ1n) is 28.4. The summed E-state index contributed by atoms with van der Waals surface area (Å²) in [5.41, 5.74) is -0.777. The van der Waals surface area contributed by atoms with Crippen molar-refractivity contribution in [1.82, 2.24) is 0 Å². The van der Waals surface area contributed by atoms with E-state index in [1.54, 1.807) is 12.1 Å². The van der Waals surface area contributed by atoms with E-state index in [4.69, 9.17) is 42.0 Å². The number of allylic oxidation sites excluding steroid dienone is 1. The van der Waals surface area contributed by atoms with Crippen LogP contribution in [-0.2, 0) is 46.9 Å². The van der Waals surface area contributed by atoms with E-state index in [2.05, 4.69) is 88.4 Å². The summed E-state index contributed by atoms with van der Waals surface area (Å²) in [6.45, 7) is 33.2. The molecular weight excluding hydrogens is 1000 g/mol. The Morgan fingerprint density at radius 3 is 2.03 bits per heavy atom. The molecule has 5 fully saturated rings. The number of Topliss-reactive ketones (excluding diaryl/α,β-unsaturated/α-hetero) is 1. The van der Waals surface area contributed by atoms with E-state index < -0.39 is 101 Å². The highest BCUT2D eigenvalue weighted by Crippen LogP contribution is 2.69. The minimum Gasteiger partial charge on any atom is -0.497 e. The molecule has 0 amide bonds. The average molecular weight is 1100 g/mol. The fraction of sp³-hybridized carbons (Fsp3) is 0.814. The number of hydrogen-bond acceptors (Lipinski definition) is 15. The SMILES string of the molecule is COc1ccc(C(=O)OC2C(OC3C(O)CO[C@H](OC4C[C@H]5C6CC=C7CC(O[Si](C)(C)C(C)(C)C)CCC7(C)C6CCC5(C)[C@@]4(O)[C@H](C)C(=O)CCC(C)C)C3OC(C)=O)OCC(O[Si](C)(C)C(C)(C)C)C2O)cc1. The number of ether oxygens (including phenoxy) is 7. The molecule has 13 unspecified atom stereocenters. The number of carbonyl (C=O) groups excluding carboxylic acids is 3. The van der Waals surface area contributed by atoms with Gasteiger partial charge >= 0.3 is 11.9 Å². The van der Waals surface area contributed by atoms with Gasteiger partial charge in [-0.2, -0.15) is 0 Å². The van der Waals surface area contributed by atoms with Gasteiger partial charge in [0.2, 0.25) is 0 Å². The number of carbonyl (C=O) groups is 3. The van der Waals surface area contributed by atoms with Crippen molar-refractivity contribution in [3.05, 3.63) is 41.5 Å². The van der Waals surface area contributed by atoms with Crippen molar-refractivity contribution < 1.29 is 71.7 Å². The molecule has 0 aromatic heterocycles. The molecule has 430 valence electrons. The fourth-order valence-electron chi connectivity index (χ4n) is 13.4. The van der Waals surface area contributed by atoms with Crippen LogP contribution in [0.3, 0.4) is 0 Å². The molecule has 0 spiro atoms. The zero-order valence-electron chi connectivity index (χ0n) is 49.1. The maximum absolute atomic E-state index is 14.5. The molecular formula is C59H96O15Si2. The quantitative estimate of drug-likeness (QED) is 0.0757. The highest BCUT2D eigenvalue weighted by atomic mass is 28.4. The molecule has 17 atom stereocenters. The van der Waals surface area contributed by atoms with Crippen LogP contribution >= 0.6 is 0 Å². The first kappa shape index (κ1) is 61.1. The van der Waals surface area contributed by atoms with Crippen molar-refractivity contribution >= 4 is 34.4 Å². The number of aliphatic hydroxyl groups is 3. The fourth-order valence-corrected chi connectivity index (χ4v) is 16.1. The molecule has 76 heavy (non-hydrogen) atoms. The maximum Gasteiger partial charge on any atom is 0.338 e. The Labute approximate surface area is 456 Å². The molecule has 1 aromatic carbocycles. The van der Waals surface area contributed by atoms with Crippen molar-refractivity contribution in [3.8, 4) is 5.75 Å². The molecule has 2 aliphatic heterocycles. The largest absolute Gasteiger partial charge is 0.497 e. The van der Waals surface area contributed by atoms with Crippen LogP contribution in [0.25, 0.3) is 0 Å². The normalized spacial score (nSPS) is 37.5. The predicted octanol–water partition coefficient (Wildman–Crippen LogP) is 10.1. The molecule has 6 aliphatic rings. The number of rotatable bonds is 17. The zero-order chi connectivity index (χ0) is 56.3. The lowest BCUT2D eigenvalue weighted by Gasteiger charge is -2.60. The molecule has 2 heterocycles. The Kier molecular flexibility index (Phi) is 18.3. The summed E-state index contributed by atoms with van der Waals surface area (Å²) in [4.78, 5) is 41.5. The third kappa shape index (κ3) is 11.9.